The maximum absolute atomic E-state index is 12.8. The van der Waals surface area contributed by atoms with Crippen molar-refractivity contribution >= 4 is 5.91 Å². The number of alkyl halides is 3. The second kappa shape index (κ2) is 7.23. The molecule has 0 saturated carbocycles. The Kier molecular flexibility index (Phi) is 5.03. The molecule has 0 aliphatic carbocycles. The molecular weight excluding hydrogens is 331 g/mol. The van der Waals surface area contributed by atoms with Gasteiger partial charge in [-0.1, -0.05) is 12.1 Å². The quantitative estimate of drug-likeness (QED) is 0.855. The maximum atomic E-state index is 12.8. The Morgan fingerprint density at radius 2 is 1.80 bits per heavy atom. The lowest BCUT2D eigenvalue weighted by Crippen LogP contribution is -2.48. The molecule has 2 heterocycles. The third-order valence-corrected chi connectivity index (χ3v) is 4.21. The van der Waals surface area contributed by atoms with Gasteiger partial charge in [0.1, 0.15) is 0 Å². The fraction of sp³-hybridized carbons (Fsp3) is 0.333. The largest absolute Gasteiger partial charge is 0.416 e. The van der Waals surface area contributed by atoms with Crippen LogP contribution in [-0.4, -0.2) is 46.9 Å². The molecule has 1 fully saturated rings. The summed E-state index contributed by atoms with van der Waals surface area (Å²) in [7, 11) is 0. The van der Waals surface area contributed by atoms with E-state index in [4.69, 9.17) is 0 Å². The van der Waals surface area contributed by atoms with E-state index in [2.05, 4.69) is 9.88 Å². The summed E-state index contributed by atoms with van der Waals surface area (Å²) in [6.07, 6.45) is -2.71. The number of halogens is 3. The van der Waals surface area contributed by atoms with Crippen LogP contribution in [0, 0.1) is 0 Å². The average molecular weight is 349 g/mol. The number of nitrogens with zero attached hydrogens (tertiary/aromatic N) is 3. The number of carbonyl (C=O) groups is 1. The highest BCUT2D eigenvalue weighted by Crippen LogP contribution is 2.29. The minimum Gasteiger partial charge on any atom is -0.336 e. The van der Waals surface area contributed by atoms with Crippen molar-refractivity contribution in [1.29, 1.82) is 0 Å². The van der Waals surface area contributed by atoms with Gasteiger partial charge in [0.05, 0.1) is 11.3 Å². The monoisotopic (exact) mass is 349 g/mol. The van der Waals surface area contributed by atoms with Crippen LogP contribution in [0.1, 0.15) is 21.6 Å². The van der Waals surface area contributed by atoms with E-state index < -0.39 is 11.7 Å². The molecule has 0 N–H and O–H groups in total. The van der Waals surface area contributed by atoms with Crippen LogP contribution in [0.25, 0.3) is 0 Å². The predicted molar refractivity (Wildman–Crippen MR) is 86.9 cm³/mol. The van der Waals surface area contributed by atoms with Gasteiger partial charge in [-0.05, 0) is 30.3 Å². The van der Waals surface area contributed by atoms with E-state index in [0.29, 0.717) is 32.7 Å². The summed E-state index contributed by atoms with van der Waals surface area (Å²) in [5.74, 6) is -0.358. The lowest BCUT2D eigenvalue weighted by Gasteiger charge is -2.34. The topological polar surface area (TPSA) is 36.4 Å². The standard InChI is InChI=1S/C18H18F3N3O/c19-18(20,21)15-5-3-4-14(12-15)17(25)24-10-8-23(9-11-24)13-16-6-1-2-7-22-16/h1-7,12H,8-11,13H2. The highest BCUT2D eigenvalue weighted by Gasteiger charge is 2.31. The first-order chi connectivity index (χ1) is 11.9. The maximum Gasteiger partial charge on any atom is 0.416 e. The summed E-state index contributed by atoms with van der Waals surface area (Å²) < 4.78 is 38.4. The van der Waals surface area contributed by atoms with Crippen LogP contribution in [-0.2, 0) is 12.7 Å². The van der Waals surface area contributed by atoms with Crippen molar-refractivity contribution in [1.82, 2.24) is 14.8 Å². The van der Waals surface area contributed by atoms with Crippen LogP contribution in [0.3, 0.4) is 0 Å². The molecule has 1 aliphatic rings. The first-order valence-corrected chi connectivity index (χ1v) is 8.02. The number of carbonyl (C=O) groups excluding carboxylic acids is 1. The summed E-state index contributed by atoms with van der Waals surface area (Å²) >= 11 is 0. The van der Waals surface area contributed by atoms with Gasteiger partial charge in [-0.25, -0.2) is 0 Å². The molecule has 7 heteroatoms. The van der Waals surface area contributed by atoms with Crippen molar-refractivity contribution in [3.63, 3.8) is 0 Å². The minimum atomic E-state index is -4.45. The molecule has 0 spiro atoms. The Morgan fingerprint density at radius 3 is 2.44 bits per heavy atom. The van der Waals surface area contributed by atoms with E-state index in [-0.39, 0.29) is 11.5 Å². The van der Waals surface area contributed by atoms with E-state index in [0.717, 1.165) is 17.8 Å². The van der Waals surface area contributed by atoms with Gasteiger partial charge in [-0.15, -0.1) is 0 Å². The molecule has 25 heavy (non-hydrogen) atoms. The second-order valence-corrected chi connectivity index (χ2v) is 5.97. The molecule has 1 aromatic carbocycles. The molecule has 0 radical (unpaired) electrons. The number of benzene rings is 1. The average Bonchev–Trinajstić information content (AvgIpc) is 2.62. The zero-order chi connectivity index (χ0) is 17.9. The lowest BCUT2D eigenvalue weighted by molar-refractivity contribution is -0.137. The molecule has 2 aromatic rings. The fourth-order valence-corrected chi connectivity index (χ4v) is 2.84. The molecule has 0 atom stereocenters. The van der Waals surface area contributed by atoms with Gasteiger partial charge in [0, 0.05) is 44.5 Å². The number of amides is 1. The zero-order valence-electron chi connectivity index (χ0n) is 13.5. The van der Waals surface area contributed by atoms with Crippen LogP contribution in [0.2, 0.25) is 0 Å². The highest BCUT2D eigenvalue weighted by atomic mass is 19.4. The number of pyridine rings is 1. The summed E-state index contributed by atoms with van der Waals surface area (Å²) in [6.45, 7) is 3.01. The normalized spacial score (nSPS) is 16.0. The van der Waals surface area contributed by atoms with Crippen LogP contribution >= 0.6 is 0 Å². The van der Waals surface area contributed by atoms with Gasteiger partial charge in [-0.2, -0.15) is 13.2 Å². The molecule has 1 aromatic heterocycles. The van der Waals surface area contributed by atoms with E-state index in [9.17, 15) is 18.0 Å². The smallest absolute Gasteiger partial charge is 0.336 e. The molecule has 3 rings (SSSR count). The molecule has 1 amide bonds. The van der Waals surface area contributed by atoms with Gasteiger partial charge in [0.15, 0.2) is 0 Å². The summed E-state index contributed by atoms with van der Waals surface area (Å²) in [5.41, 5.74) is 0.236. The summed E-state index contributed by atoms with van der Waals surface area (Å²) in [6, 6.07) is 10.3. The van der Waals surface area contributed by atoms with Gasteiger partial charge in [0.25, 0.3) is 5.91 Å². The molecule has 132 valence electrons. The Balaban J connectivity index is 1.60. The molecule has 0 unspecified atom stereocenters. The van der Waals surface area contributed by atoms with Crippen LogP contribution in [0.5, 0.6) is 0 Å². The van der Waals surface area contributed by atoms with Gasteiger partial charge < -0.3 is 4.90 Å². The van der Waals surface area contributed by atoms with Gasteiger partial charge in [0.2, 0.25) is 0 Å². The van der Waals surface area contributed by atoms with Crippen LogP contribution < -0.4 is 0 Å². The van der Waals surface area contributed by atoms with Gasteiger partial charge >= 0.3 is 6.18 Å². The van der Waals surface area contributed by atoms with E-state index in [1.165, 1.54) is 12.1 Å². The Bertz CT molecular complexity index is 726. The van der Waals surface area contributed by atoms with Crippen molar-refractivity contribution < 1.29 is 18.0 Å². The molecular formula is C18H18F3N3O. The molecule has 1 saturated heterocycles. The molecule has 1 aliphatic heterocycles. The van der Waals surface area contributed by atoms with Crippen molar-refractivity contribution in [3.05, 3.63) is 65.5 Å². The number of rotatable bonds is 3. The van der Waals surface area contributed by atoms with Crippen molar-refractivity contribution in [2.24, 2.45) is 0 Å². The first kappa shape index (κ1) is 17.4. The van der Waals surface area contributed by atoms with E-state index in [1.54, 1.807) is 11.1 Å². The molecule has 0 bridgehead atoms. The zero-order valence-corrected chi connectivity index (χ0v) is 13.5. The second-order valence-electron chi connectivity index (χ2n) is 5.97. The van der Waals surface area contributed by atoms with Crippen molar-refractivity contribution in [3.8, 4) is 0 Å². The number of piperazine rings is 1. The summed E-state index contributed by atoms with van der Waals surface area (Å²) in [5, 5.41) is 0. The van der Waals surface area contributed by atoms with Crippen molar-refractivity contribution in [2.45, 2.75) is 12.7 Å². The lowest BCUT2D eigenvalue weighted by atomic mass is 10.1. The van der Waals surface area contributed by atoms with E-state index in [1.807, 2.05) is 18.2 Å². The first-order valence-electron chi connectivity index (χ1n) is 8.02. The van der Waals surface area contributed by atoms with Crippen molar-refractivity contribution in [2.75, 3.05) is 26.2 Å². The predicted octanol–water partition coefficient (Wildman–Crippen LogP) is 3.06. The van der Waals surface area contributed by atoms with Crippen LogP contribution in [0.4, 0.5) is 13.2 Å². The molecule has 4 nitrogen and oxygen atoms in total. The third kappa shape index (κ3) is 4.36. The summed E-state index contributed by atoms with van der Waals surface area (Å²) in [4.78, 5) is 20.5. The van der Waals surface area contributed by atoms with E-state index >= 15 is 0 Å². The number of hydrogen-bond acceptors (Lipinski definition) is 3. The number of hydrogen-bond donors (Lipinski definition) is 0. The fourth-order valence-electron chi connectivity index (χ4n) is 2.84. The third-order valence-electron chi connectivity index (χ3n) is 4.21. The Labute approximate surface area is 143 Å². The Morgan fingerprint density at radius 1 is 1.04 bits per heavy atom. The van der Waals surface area contributed by atoms with Gasteiger partial charge in [-0.3, -0.25) is 14.7 Å². The highest BCUT2D eigenvalue weighted by molar-refractivity contribution is 5.94. The van der Waals surface area contributed by atoms with Crippen LogP contribution in [0.15, 0.2) is 48.7 Å². The Hall–Kier alpha value is -2.41. The minimum absolute atomic E-state index is 0.0769. The number of aromatic nitrogens is 1. The SMILES string of the molecule is O=C(c1cccc(C(F)(F)F)c1)N1CCN(Cc2ccccn2)CC1.